The van der Waals surface area contributed by atoms with Gasteiger partial charge in [-0.2, -0.15) is 0 Å². The number of hydrogen-bond acceptors (Lipinski definition) is 6. The van der Waals surface area contributed by atoms with Crippen molar-refractivity contribution in [1.82, 2.24) is 4.90 Å². The average molecular weight is 450 g/mol. The van der Waals surface area contributed by atoms with Crippen LogP contribution in [0.25, 0.3) is 0 Å². The highest BCUT2D eigenvalue weighted by molar-refractivity contribution is 5.56. The smallest absolute Gasteiger partial charge is 0.203 e. The van der Waals surface area contributed by atoms with Crippen LogP contribution in [0.5, 0.6) is 28.7 Å². The Hall–Kier alpha value is -3.38. The van der Waals surface area contributed by atoms with Crippen LogP contribution in [0.4, 0.5) is 0 Å². The molecular formula is C27H31NO5. The van der Waals surface area contributed by atoms with E-state index < -0.39 is 0 Å². The van der Waals surface area contributed by atoms with Crippen molar-refractivity contribution in [3.05, 3.63) is 76.9 Å². The summed E-state index contributed by atoms with van der Waals surface area (Å²) < 4.78 is 28.4. The molecule has 4 rings (SSSR count). The third kappa shape index (κ3) is 5.01. The second-order valence-electron chi connectivity index (χ2n) is 8.00. The van der Waals surface area contributed by atoms with Gasteiger partial charge in [0.05, 0.1) is 28.4 Å². The normalized spacial score (nSPS) is 13.2. The van der Waals surface area contributed by atoms with Gasteiger partial charge in [0.1, 0.15) is 6.61 Å². The van der Waals surface area contributed by atoms with E-state index in [0.717, 1.165) is 48.7 Å². The molecule has 3 aromatic carbocycles. The van der Waals surface area contributed by atoms with Crippen LogP contribution in [0.15, 0.2) is 54.6 Å². The first-order valence-corrected chi connectivity index (χ1v) is 11.0. The Balaban J connectivity index is 1.51. The van der Waals surface area contributed by atoms with Crippen molar-refractivity contribution in [2.75, 3.05) is 35.0 Å². The zero-order valence-corrected chi connectivity index (χ0v) is 19.7. The molecule has 0 fully saturated rings. The zero-order chi connectivity index (χ0) is 23.2. The number of benzene rings is 3. The van der Waals surface area contributed by atoms with Crippen LogP contribution in [0, 0.1) is 0 Å². The number of nitrogens with zero attached hydrogens (tertiary/aromatic N) is 1. The van der Waals surface area contributed by atoms with Crippen molar-refractivity contribution in [2.45, 2.75) is 26.1 Å². The Morgan fingerprint density at radius 2 is 1.45 bits per heavy atom. The SMILES string of the molecule is COc1cc2c(cc1OCc1ccccc1)CCN(Cc1ccc(OC)c(OC)c1OC)C2. The molecule has 0 bridgehead atoms. The lowest BCUT2D eigenvalue weighted by atomic mass is 9.98. The summed E-state index contributed by atoms with van der Waals surface area (Å²) in [6.07, 6.45) is 0.941. The Kier molecular flexibility index (Phi) is 7.25. The summed E-state index contributed by atoms with van der Waals surface area (Å²) >= 11 is 0. The van der Waals surface area contributed by atoms with E-state index in [1.165, 1.54) is 11.1 Å². The van der Waals surface area contributed by atoms with Gasteiger partial charge in [0.25, 0.3) is 0 Å². The van der Waals surface area contributed by atoms with Crippen molar-refractivity contribution in [2.24, 2.45) is 0 Å². The summed E-state index contributed by atoms with van der Waals surface area (Å²) in [7, 11) is 6.61. The molecule has 0 radical (unpaired) electrons. The maximum Gasteiger partial charge on any atom is 0.203 e. The molecule has 0 aromatic heterocycles. The third-order valence-electron chi connectivity index (χ3n) is 5.99. The minimum atomic E-state index is 0.515. The van der Waals surface area contributed by atoms with E-state index >= 15 is 0 Å². The van der Waals surface area contributed by atoms with Crippen LogP contribution in [0.1, 0.15) is 22.3 Å². The van der Waals surface area contributed by atoms with E-state index in [-0.39, 0.29) is 0 Å². The molecule has 6 nitrogen and oxygen atoms in total. The van der Waals surface area contributed by atoms with Gasteiger partial charge in [-0.05, 0) is 41.3 Å². The largest absolute Gasteiger partial charge is 0.493 e. The summed E-state index contributed by atoms with van der Waals surface area (Å²) in [5, 5.41) is 0. The molecule has 0 saturated carbocycles. The molecule has 0 spiro atoms. The Labute approximate surface area is 195 Å². The Bertz CT molecular complexity index is 1080. The van der Waals surface area contributed by atoms with Crippen molar-refractivity contribution in [3.8, 4) is 28.7 Å². The molecule has 0 unspecified atom stereocenters. The van der Waals surface area contributed by atoms with E-state index in [1.807, 2.05) is 30.3 Å². The Morgan fingerprint density at radius 1 is 0.727 bits per heavy atom. The van der Waals surface area contributed by atoms with Crippen molar-refractivity contribution in [3.63, 3.8) is 0 Å². The van der Waals surface area contributed by atoms with Gasteiger partial charge >= 0.3 is 0 Å². The predicted octanol–water partition coefficient (Wildman–Crippen LogP) is 4.86. The number of hydrogen-bond donors (Lipinski definition) is 0. The first kappa shape index (κ1) is 22.8. The van der Waals surface area contributed by atoms with Gasteiger partial charge in [-0.15, -0.1) is 0 Å². The lowest BCUT2D eigenvalue weighted by Crippen LogP contribution is -2.30. The highest BCUT2D eigenvalue weighted by Crippen LogP contribution is 2.41. The number of fused-ring (bicyclic) bond motifs is 1. The molecule has 33 heavy (non-hydrogen) atoms. The minimum absolute atomic E-state index is 0.515. The first-order valence-electron chi connectivity index (χ1n) is 11.0. The molecule has 1 aliphatic rings. The van der Waals surface area contributed by atoms with E-state index in [2.05, 4.69) is 29.2 Å². The van der Waals surface area contributed by atoms with Gasteiger partial charge in [-0.25, -0.2) is 0 Å². The van der Waals surface area contributed by atoms with Gasteiger partial charge in [0.15, 0.2) is 23.0 Å². The topological polar surface area (TPSA) is 49.4 Å². The lowest BCUT2D eigenvalue weighted by molar-refractivity contribution is 0.237. The standard InChI is InChI=1S/C27H31NO5/c1-29-23-11-10-21(26(31-3)27(23)32-4)16-28-13-12-20-14-25(24(30-2)15-22(20)17-28)33-18-19-8-6-5-7-9-19/h5-11,14-15H,12-13,16-18H2,1-4H3. The van der Waals surface area contributed by atoms with Crippen molar-refractivity contribution in [1.29, 1.82) is 0 Å². The second kappa shape index (κ2) is 10.5. The molecule has 6 heteroatoms. The minimum Gasteiger partial charge on any atom is -0.493 e. The summed E-state index contributed by atoms with van der Waals surface area (Å²) in [5.74, 6) is 3.54. The lowest BCUT2D eigenvalue weighted by Gasteiger charge is -2.30. The van der Waals surface area contributed by atoms with Gasteiger partial charge < -0.3 is 23.7 Å². The maximum absolute atomic E-state index is 6.10. The van der Waals surface area contributed by atoms with Gasteiger partial charge in [0, 0.05) is 25.2 Å². The zero-order valence-electron chi connectivity index (χ0n) is 19.7. The molecule has 0 N–H and O–H groups in total. The van der Waals surface area contributed by atoms with Gasteiger partial charge in [0.2, 0.25) is 5.75 Å². The Morgan fingerprint density at radius 3 is 2.15 bits per heavy atom. The monoisotopic (exact) mass is 449 g/mol. The van der Waals surface area contributed by atoms with Crippen LogP contribution < -0.4 is 23.7 Å². The summed E-state index contributed by atoms with van der Waals surface area (Å²) in [4.78, 5) is 2.40. The molecule has 174 valence electrons. The first-order chi connectivity index (χ1) is 16.2. The fraction of sp³-hybridized carbons (Fsp3) is 0.333. The molecule has 0 aliphatic carbocycles. The van der Waals surface area contributed by atoms with Gasteiger partial charge in [-0.3, -0.25) is 4.90 Å². The quantitative estimate of drug-likeness (QED) is 0.465. The number of rotatable bonds is 9. The summed E-state index contributed by atoms with van der Waals surface area (Å²) in [5.41, 5.74) is 4.75. The van der Waals surface area contributed by atoms with E-state index in [4.69, 9.17) is 23.7 Å². The van der Waals surface area contributed by atoms with E-state index in [0.29, 0.717) is 23.9 Å². The van der Waals surface area contributed by atoms with Crippen LogP contribution in [0.2, 0.25) is 0 Å². The fourth-order valence-electron chi connectivity index (χ4n) is 4.29. The van der Waals surface area contributed by atoms with Crippen LogP contribution in [-0.4, -0.2) is 39.9 Å². The fourth-order valence-corrected chi connectivity index (χ4v) is 4.29. The van der Waals surface area contributed by atoms with Crippen molar-refractivity contribution < 1.29 is 23.7 Å². The average Bonchev–Trinajstić information content (AvgIpc) is 2.87. The van der Waals surface area contributed by atoms with Crippen LogP contribution in [-0.2, 0) is 26.1 Å². The maximum atomic E-state index is 6.10. The number of ether oxygens (including phenoxy) is 5. The van der Waals surface area contributed by atoms with Crippen LogP contribution in [0.3, 0.4) is 0 Å². The van der Waals surface area contributed by atoms with E-state index in [9.17, 15) is 0 Å². The van der Waals surface area contributed by atoms with Gasteiger partial charge in [-0.1, -0.05) is 36.4 Å². The molecule has 0 saturated heterocycles. The van der Waals surface area contributed by atoms with E-state index in [1.54, 1.807) is 28.4 Å². The molecule has 0 atom stereocenters. The predicted molar refractivity (Wildman–Crippen MR) is 128 cm³/mol. The molecule has 1 heterocycles. The molecular weight excluding hydrogens is 418 g/mol. The highest BCUT2D eigenvalue weighted by Gasteiger charge is 2.23. The second-order valence-corrected chi connectivity index (χ2v) is 8.00. The van der Waals surface area contributed by atoms with Crippen molar-refractivity contribution >= 4 is 0 Å². The summed E-state index contributed by atoms with van der Waals surface area (Å²) in [6.45, 7) is 3.02. The molecule has 3 aromatic rings. The molecule has 1 aliphatic heterocycles. The highest BCUT2D eigenvalue weighted by atomic mass is 16.5. The molecule has 0 amide bonds. The summed E-state index contributed by atoms with van der Waals surface area (Å²) in [6, 6.07) is 18.4. The van der Waals surface area contributed by atoms with Crippen LogP contribution >= 0.6 is 0 Å². The number of methoxy groups -OCH3 is 4. The third-order valence-corrected chi connectivity index (χ3v) is 5.99.